The molecule has 0 radical (unpaired) electrons. The number of hydrogen-bond donors (Lipinski definition) is 0. The van der Waals surface area contributed by atoms with E-state index in [4.69, 9.17) is 44.3 Å². The molecule has 0 aliphatic carbocycles. The molecule has 0 spiro atoms. The fourth-order valence-corrected chi connectivity index (χ4v) is 7.17. The van der Waals surface area contributed by atoms with Crippen LogP contribution in [0.3, 0.4) is 0 Å². The van der Waals surface area contributed by atoms with E-state index in [9.17, 15) is 9.59 Å². The van der Waals surface area contributed by atoms with Gasteiger partial charge in [0.15, 0.2) is 5.70 Å². The van der Waals surface area contributed by atoms with Gasteiger partial charge in [-0.3, -0.25) is 0 Å². The maximum atomic E-state index is 13.0. The van der Waals surface area contributed by atoms with E-state index in [-0.39, 0.29) is 22.2 Å². The van der Waals surface area contributed by atoms with Crippen LogP contribution in [0.1, 0.15) is 25.7 Å². The molecule has 0 atom stereocenters. The van der Waals surface area contributed by atoms with E-state index < -0.39 is 11.9 Å². The number of halogens is 3. The lowest BCUT2D eigenvalue weighted by Crippen LogP contribution is -2.08. The Morgan fingerprint density at radius 1 is 0.947 bits per heavy atom. The molecule has 2 aromatic heterocycles. The maximum Gasteiger partial charge on any atom is 0.363 e. The minimum absolute atomic E-state index is 0.0581. The van der Waals surface area contributed by atoms with Gasteiger partial charge in [0, 0.05) is 30.8 Å². The van der Waals surface area contributed by atoms with Gasteiger partial charge in [-0.2, -0.15) is 0 Å². The molecule has 1 aliphatic rings. The Morgan fingerprint density at radius 2 is 1.68 bits per heavy atom. The second-order valence-electron chi connectivity index (χ2n) is 8.39. The lowest BCUT2D eigenvalue weighted by Gasteiger charge is -2.07. The molecular formula is C28H14Cl3NO4S2. The van der Waals surface area contributed by atoms with Crippen molar-refractivity contribution in [3.63, 3.8) is 0 Å². The van der Waals surface area contributed by atoms with Gasteiger partial charge in [-0.25, -0.2) is 14.6 Å². The summed E-state index contributed by atoms with van der Waals surface area (Å²) in [7, 11) is 0. The average molecular weight is 599 g/mol. The number of ether oxygens (including phenoxy) is 2. The normalized spacial score (nSPS) is 14.4. The van der Waals surface area contributed by atoms with Crippen molar-refractivity contribution in [2.75, 3.05) is 0 Å². The fraction of sp³-hybridized carbons (Fsp3) is 0.0357. The SMILES string of the molecule is Cc1ccc2c(Cl)c(C3=N/C(=C/c4ccccc4OC(=O)c4sc5cc(Cl)ccc5c4Cl)C(=O)O3)sc2c1. The average Bonchev–Trinajstić information content (AvgIpc) is 3.52. The van der Waals surface area contributed by atoms with Gasteiger partial charge in [0.2, 0.25) is 5.90 Å². The number of rotatable bonds is 4. The Balaban J connectivity index is 1.32. The summed E-state index contributed by atoms with van der Waals surface area (Å²) in [5.41, 5.74) is 1.62. The number of cyclic esters (lactones) is 1. The van der Waals surface area contributed by atoms with Crippen LogP contribution >= 0.6 is 57.5 Å². The van der Waals surface area contributed by atoms with Crippen molar-refractivity contribution >= 4 is 102 Å². The highest BCUT2D eigenvalue weighted by atomic mass is 35.5. The molecule has 10 heteroatoms. The number of esters is 2. The number of carbonyl (C=O) groups excluding carboxylic acids is 2. The number of aryl methyl sites for hydroxylation is 1. The molecule has 5 aromatic rings. The highest BCUT2D eigenvalue weighted by Gasteiger charge is 2.28. The molecule has 0 bridgehead atoms. The summed E-state index contributed by atoms with van der Waals surface area (Å²) >= 11 is 21.7. The van der Waals surface area contributed by atoms with Crippen LogP contribution < -0.4 is 4.74 Å². The first kappa shape index (κ1) is 25.1. The van der Waals surface area contributed by atoms with Crippen LogP contribution in [0.2, 0.25) is 15.1 Å². The van der Waals surface area contributed by atoms with Crippen LogP contribution in [0, 0.1) is 6.92 Å². The molecule has 0 saturated heterocycles. The zero-order chi connectivity index (χ0) is 26.6. The predicted octanol–water partition coefficient (Wildman–Crippen LogP) is 8.95. The lowest BCUT2D eigenvalue weighted by atomic mass is 10.1. The number of carbonyl (C=O) groups is 2. The summed E-state index contributed by atoms with van der Waals surface area (Å²) in [6, 6.07) is 17.9. The Hall–Kier alpha value is -3.20. The van der Waals surface area contributed by atoms with Crippen LogP contribution in [0.25, 0.3) is 26.2 Å². The molecule has 0 fully saturated rings. The van der Waals surface area contributed by atoms with Gasteiger partial charge in [0.1, 0.15) is 15.5 Å². The van der Waals surface area contributed by atoms with E-state index in [0.29, 0.717) is 30.9 Å². The first-order valence-electron chi connectivity index (χ1n) is 11.2. The summed E-state index contributed by atoms with van der Waals surface area (Å²) < 4.78 is 12.9. The number of nitrogens with zero attached hydrogens (tertiary/aromatic N) is 1. The van der Waals surface area contributed by atoms with Crippen molar-refractivity contribution in [1.29, 1.82) is 0 Å². The monoisotopic (exact) mass is 597 g/mol. The third-order valence-electron chi connectivity index (χ3n) is 5.79. The standard InChI is InChI=1S/C28H14Cl3NO4S2/c1-13-6-8-16-20(10-13)37-24(22(16)30)26-32-18(27(33)36-26)11-14-4-2-3-5-19(14)35-28(34)25-23(31)17-9-7-15(29)12-21(17)38-25/h2-12H,1H3/b18-11+. The van der Waals surface area contributed by atoms with Crippen molar-refractivity contribution in [3.05, 3.63) is 102 Å². The number of fused-ring (bicyclic) bond motifs is 2. The van der Waals surface area contributed by atoms with Crippen molar-refractivity contribution < 1.29 is 19.1 Å². The summed E-state index contributed by atoms with van der Waals surface area (Å²) in [6.07, 6.45) is 1.51. The van der Waals surface area contributed by atoms with E-state index in [2.05, 4.69) is 4.99 Å². The second kappa shape index (κ2) is 9.84. The molecule has 0 amide bonds. The predicted molar refractivity (Wildman–Crippen MR) is 155 cm³/mol. The maximum absolute atomic E-state index is 13.0. The zero-order valence-corrected chi connectivity index (χ0v) is 23.3. The van der Waals surface area contributed by atoms with Crippen LogP contribution in [0.5, 0.6) is 5.75 Å². The molecule has 6 rings (SSSR count). The molecule has 38 heavy (non-hydrogen) atoms. The van der Waals surface area contributed by atoms with Crippen LogP contribution in [0.4, 0.5) is 0 Å². The first-order chi connectivity index (χ1) is 18.3. The lowest BCUT2D eigenvalue weighted by molar-refractivity contribution is -0.129. The zero-order valence-electron chi connectivity index (χ0n) is 19.4. The number of benzene rings is 3. The summed E-state index contributed by atoms with van der Waals surface area (Å²) in [5, 5.41) is 2.91. The summed E-state index contributed by atoms with van der Waals surface area (Å²) in [6.45, 7) is 2.00. The van der Waals surface area contributed by atoms with Gasteiger partial charge in [0.25, 0.3) is 0 Å². The van der Waals surface area contributed by atoms with Crippen molar-refractivity contribution in [3.8, 4) is 5.75 Å². The Labute approximate surface area is 239 Å². The van der Waals surface area contributed by atoms with E-state index in [1.807, 2.05) is 25.1 Å². The third-order valence-corrected chi connectivity index (χ3v) is 9.31. The molecule has 0 saturated carbocycles. The van der Waals surface area contributed by atoms with Gasteiger partial charge in [-0.1, -0.05) is 71.2 Å². The molecular weight excluding hydrogens is 585 g/mol. The van der Waals surface area contributed by atoms with Gasteiger partial charge < -0.3 is 9.47 Å². The van der Waals surface area contributed by atoms with E-state index in [1.54, 1.807) is 42.5 Å². The number of thiophene rings is 2. The summed E-state index contributed by atoms with van der Waals surface area (Å²) in [5.74, 6) is -0.877. The van der Waals surface area contributed by atoms with Crippen molar-refractivity contribution in [1.82, 2.24) is 0 Å². The van der Waals surface area contributed by atoms with E-state index >= 15 is 0 Å². The molecule has 0 unspecified atom stereocenters. The molecule has 3 aromatic carbocycles. The van der Waals surface area contributed by atoms with Gasteiger partial charge in [-0.15, -0.1) is 22.7 Å². The quantitative estimate of drug-likeness (QED) is 0.118. The Bertz CT molecular complexity index is 1870. The molecule has 3 heterocycles. The molecule has 188 valence electrons. The first-order valence-corrected chi connectivity index (χ1v) is 14.0. The minimum Gasteiger partial charge on any atom is -0.422 e. The molecule has 0 N–H and O–H groups in total. The Kier molecular flexibility index (Phi) is 6.50. The molecule has 5 nitrogen and oxygen atoms in total. The van der Waals surface area contributed by atoms with Crippen LogP contribution in [-0.2, 0) is 9.53 Å². The van der Waals surface area contributed by atoms with Crippen LogP contribution in [0.15, 0.2) is 71.4 Å². The fourth-order valence-electron chi connectivity index (χ4n) is 3.97. The topological polar surface area (TPSA) is 65.0 Å². The number of aliphatic imine (C=N–C) groups is 1. The summed E-state index contributed by atoms with van der Waals surface area (Å²) in [4.78, 5) is 31.0. The number of hydrogen-bond acceptors (Lipinski definition) is 7. The van der Waals surface area contributed by atoms with Gasteiger partial charge >= 0.3 is 11.9 Å². The van der Waals surface area contributed by atoms with Gasteiger partial charge in [-0.05, 0) is 42.8 Å². The van der Waals surface area contributed by atoms with Crippen molar-refractivity contribution in [2.24, 2.45) is 4.99 Å². The Morgan fingerprint density at radius 3 is 2.53 bits per heavy atom. The smallest absolute Gasteiger partial charge is 0.363 e. The minimum atomic E-state index is -0.629. The third kappa shape index (κ3) is 4.51. The highest BCUT2D eigenvalue weighted by Crippen LogP contribution is 2.39. The van der Waals surface area contributed by atoms with Crippen molar-refractivity contribution in [2.45, 2.75) is 6.92 Å². The van der Waals surface area contributed by atoms with Crippen LogP contribution in [-0.4, -0.2) is 17.8 Å². The highest BCUT2D eigenvalue weighted by molar-refractivity contribution is 7.22. The van der Waals surface area contributed by atoms with E-state index in [1.165, 1.54) is 28.7 Å². The van der Waals surface area contributed by atoms with Gasteiger partial charge in [0.05, 0.1) is 10.0 Å². The second-order valence-corrected chi connectivity index (χ2v) is 11.7. The molecule has 1 aliphatic heterocycles. The largest absolute Gasteiger partial charge is 0.422 e. The number of para-hydroxylation sites is 1. The van der Waals surface area contributed by atoms with E-state index in [0.717, 1.165) is 20.3 Å².